The Morgan fingerprint density at radius 2 is 2.31 bits per heavy atom. The van der Waals surface area contributed by atoms with Crippen molar-refractivity contribution in [2.45, 2.75) is 6.92 Å². The highest BCUT2D eigenvalue weighted by Gasteiger charge is 2.16. The van der Waals surface area contributed by atoms with Crippen molar-refractivity contribution in [1.29, 1.82) is 0 Å². The third-order valence-electron chi connectivity index (χ3n) is 1.58. The molecule has 0 atom stereocenters. The zero-order valence-electron chi connectivity index (χ0n) is 7.17. The summed E-state index contributed by atoms with van der Waals surface area (Å²) in [6.07, 6.45) is 1.47. The van der Waals surface area contributed by atoms with E-state index in [9.17, 15) is 4.79 Å². The summed E-state index contributed by atoms with van der Waals surface area (Å²) in [4.78, 5) is 14.7. The molecule has 0 unspecified atom stereocenters. The molecule has 0 aromatic carbocycles. The zero-order valence-corrected chi connectivity index (χ0v) is 8.75. The summed E-state index contributed by atoms with van der Waals surface area (Å²) >= 11 is 3.12. The second-order valence-electron chi connectivity index (χ2n) is 2.44. The van der Waals surface area contributed by atoms with Gasteiger partial charge < -0.3 is 9.84 Å². The van der Waals surface area contributed by atoms with E-state index in [1.165, 1.54) is 13.3 Å². The van der Waals surface area contributed by atoms with E-state index in [4.69, 9.17) is 9.84 Å². The van der Waals surface area contributed by atoms with Crippen LogP contribution in [0.4, 0.5) is 0 Å². The summed E-state index contributed by atoms with van der Waals surface area (Å²) in [7, 11) is 1.44. The number of hydrogen-bond acceptors (Lipinski definition) is 3. The van der Waals surface area contributed by atoms with Crippen LogP contribution in [0.15, 0.2) is 10.7 Å². The summed E-state index contributed by atoms with van der Waals surface area (Å²) < 4.78 is 5.25. The number of rotatable bonds is 2. The highest BCUT2D eigenvalue weighted by Crippen LogP contribution is 2.28. The lowest BCUT2D eigenvalue weighted by molar-refractivity contribution is 0.0694. The molecule has 0 amide bonds. The average molecular weight is 246 g/mol. The Morgan fingerprint density at radius 1 is 1.69 bits per heavy atom. The Hall–Kier alpha value is -1.10. The number of aryl methyl sites for hydroxylation is 1. The molecular formula is C8H8BrNO3. The van der Waals surface area contributed by atoms with Crippen molar-refractivity contribution in [2.75, 3.05) is 7.11 Å². The van der Waals surface area contributed by atoms with Gasteiger partial charge in [-0.05, 0) is 28.4 Å². The second kappa shape index (κ2) is 3.74. The Kier molecular flexibility index (Phi) is 2.87. The third kappa shape index (κ3) is 1.80. The molecule has 1 heterocycles. The highest BCUT2D eigenvalue weighted by atomic mass is 79.9. The van der Waals surface area contributed by atoms with Crippen molar-refractivity contribution in [3.8, 4) is 5.88 Å². The molecule has 0 radical (unpaired) electrons. The quantitative estimate of drug-likeness (QED) is 0.865. The standard InChI is InChI=1S/C8H8BrNO3/c1-4-3-10-7(13-2)6(9)5(4)8(11)12/h3H,1-2H3,(H,11,12). The second-order valence-corrected chi connectivity index (χ2v) is 3.24. The van der Waals surface area contributed by atoms with Gasteiger partial charge in [0.2, 0.25) is 5.88 Å². The average Bonchev–Trinajstić information content (AvgIpc) is 2.04. The van der Waals surface area contributed by atoms with Crippen LogP contribution in [0.3, 0.4) is 0 Å². The maximum Gasteiger partial charge on any atom is 0.337 e. The van der Waals surface area contributed by atoms with E-state index in [1.54, 1.807) is 6.92 Å². The summed E-state index contributed by atoms with van der Waals surface area (Å²) in [6, 6.07) is 0. The number of carboxylic acid groups (broad SMARTS) is 1. The van der Waals surface area contributed by atoms with E-state index in [-0.39, 0.29) is 11.4 Å². The summed E-state index contributed by atoms with van der Waals surface area (Å²) in [5.41, 5.74) is 0.784. The number of pyridine rings is 1. The molecule has 1 rings (SSSR count). The number of carboxylic acids is 1. The molecule has 1 aromatic heterocycles. The largest absolute Gasteiger partial charge is 0.480 e. The van der Waals surface area contributed by atoms with Gasteiger partial charge in [-0.15, -0.1) is 0 Å². The number of ether oxygens (including phenoxy) is 1. The van der Waals surface area contributed by atoms with E-state index in [0.717, 1.165) is 0 Å². The summed E-state index contributed by atoms with van der Waals surface area (Å²) in [6.45, 7) is 1.68. The van der Waals surface area contributed by atoms with Gasteiger partial charge in [-0.25, -0.2) is 9.78 Å². The van der Waals surface area contributed by atoms with Crippen LogP contribution in [0.5, 0.6) is 5.88 Å². The summed E-state index contributed by atoms with van der Waals surface area (Å²) in [5.74, 6) is -0.715. The number of methoxy groups -OCH3 is 1. The molecule has 13 heavy (non-hydrogen) atoms. The lowest BCUT2D eigenvalue weighted by atomic mass is 10.1. The lowest BCUT2D eigenvalue weighted by Crippen LogP contribution is -2.03. The van der Waals surface area contributed by atoms with Crippen LogP contribution in [0, 0.1) is 6.92 Å². The smallest absolute Gasteiger partial charge is 0.337 e. The van der Waals surface area contributed by atoms with Gasteiger partial charge in [-0.2, -0.15) is 0 Å². The van der Waals surface area contributed by atoms with Crippen LogP contribution in [0.2, 0.25) is 0 Å². The predicted octanol–water partition coefficient (Wildman–Crippen LogP) is 1.86. The van der Waals surface area contributed by atoms with Gasteiger partial charge in [0.05, 0.1) is 17.1 Å². The molecule has 4 nitrogen and oxygen atoms in total. The van der Waals surface area contributed by atoms with Crippen molar-refractivity contribution in [2.24, 2.45) is 0 Å². The fraction of sp³-hybridized carbons (Fsp3) is 0.250. The molecule has 0 aliphatic carbocycles. The predicted molar refractivity (Wildman–Crippen MR) is 50.2 cm³/mol. The van der Waals surface area contributed by atoms with E-state index < -0.39 is 5.97 Å². The maximum absolute atomic E-state index is 10.8. The van der Waals surface area contributed by atoms with Crippen molar-refractivity contribution in [3.63, 3.8) is 0 Å². The van der Waals surface area contributed by atoms with Crippen LogP contribution in [-0.2, 0) is 0 Å². The summed E-state index contributed by atoms with van der Waals surface area (Å²) in [5, 5.41) is 8.85. The minimum absolute atomic E-state index is 0.187. The molecule has 0 aliphatic rings. The molecule has 0 saturated heterocycles. The first-order valence-corrected chi connectivity index (χ1v) is 4.29. The minimum atomic E-state index is -0.995. The minimum Gasteiger partial charge on any atom is -0.480 e. The molecule has 1 N–H and O–H groups in total. The molecule has 1 aromatic rings. The van der Waals surface area contributed by atoms with Gasteiger partial charge in [0, 0.05) is 6.20 Å². The SMILES string of the molecule is COc1ncc(C)c(C(=O)O)c1Br. The number of aromatic nitrogens is 1. The monoisotopic (exact) mass is 245 g/mol. The van der Waals surface area contributed by atoms with Gasteiger partial charge in [0.25, 0.3) is 0 Å². The zero-order chi connectivity index (χ0) is 10.0. The van der Waals surface area contributed by atoms with Crippen molar-refractivity contribution >= 4 is 21.9 Å². The van der Waals surface area contributed by atoms with Crippen LogP contribution < -0.4 is 4.74 Å². The molecule has 0 spiro atoms. The van der Waals surface area contributed by atoms with Gasteiger partial charge in [0.15, 0.2) is 0 Å². The lowest BCUT2D eigenvalue weighted by Gasteiger charge is -2.06. The topological polar surface area (TPSA) is 59.4 Å². The normalized spacial score (nSPS) is 9.77. The molecule has 70 valence electrons. The highest BCUT2D eigenvalue weighted by molar-refractivity contribution is 9.10. The van der Waals surface area contributed by atoms with E-state index in [2.05, 4.69) is 20.9 Å². The first-order chi connectivity index (χ1) is 6.07. The Balaban J connectivity index is 3.38. The Labute approximate surface area is 83.7 Å². The maximum atomic E-state index is 10.8. The fourth-order valence-electron chi connectivity index (χ4n) is 0.962. The van der Waals surface area contributed by atoms with Crippen LogP contribution in [0.1, 0.15) is 15.9 Å². The number of nitrogens with zero attached hydrogens (tertiary/aromatic N) is 1. The molecule has 0 bridgehead atoms. The molecule has 5 heteroatoms. The van der Waals surface area contributed by atoms with Crippen LogP contribution in [-0.4, -0.2) is 23.2 Å². The number of hydrogen-bond donors (Lipinski definition) is 1. The van der Waals surface area contributed by atoms with Gasteiger partial charge in [0.1, 0.15) is 0 Å². The first kappa shape index (κ1) is 9.98. The van der Waals surface area contributed by atoms with Crippen LogP contribution in [0.25, 0.3) is 0 Å². The molecule has 0 saturated carbocycles. The molecular weight excluding hydrogens is 238 g/mol. The molecule has 0 fully saturated rings. The van der Waals surface area contributed by atoms with Crippen LogP contribution >= 0.6 is 15.9 Å². The van der Waals surface area contributed by atoms with Crippen molar-refractivity contribution in [1.82, 2.24) is 4.98 Å². The van der Waals surface area contributed by atoms with Gasteiger partial charge in [-0.3, -0.25) is 0 Å². The van der Waals surface area contributed by atoms with Crippen molar-refractivity contribution in [3.05, 3.63) is 21.8 Å². The van der Waals surface area contributed by atoms with E-state index in [1.807, 2.05) is 0 Å². The molecule has 0 aliphatic heterocycles. The Morgan fingerprint density at radius 3 is 2.77 bits per heavy atom. The van der Waals surface area contributed by atoms with E-state index in [0.29, 0.717) is 10.0 Å². The third-order valence-corrected chi connectivity index (χ3v) is 2.32. The van der Waals surface area contributed by atoms with Crippen molar-refractivity contribution < 1.29 is 14.6 Å². The first-order valence-electron chi connectivity index (χ1n) is 3.50. The fourth-order valence-corrected chi connectivity index (χ4v) is 1.71. The van der Waals surface area contributed by atoms with Gasteiger partial charge >= 0.3 is 5.97 Å². The Bertz CT molecular complexity index is 351. The number of halogens is 1. The van der Waals surface area contributed by atoms with Gasteiger partial charge in [-0.1, -0.05) is 0 Å². The van der Waals surface area contributed by atoms with E-state index >= 15 is 0 Å². The number of aromatic carboxylic acids is 1. The number of carbonyl (C=O) groups is 1.